The normalized spacial score (nSPS) is 29.3. The van der Waals surface area contributed by atoms with Crippen LogP contribution in [0.1, 0.15) is 66.9 Å². The summed E-state index contributed by atoms with van der Waals surface area (Å²) in [6, 6.07) is 0.440. The van der Waals surface area contributed by atoms with Gasteiger partial charge in [-0.25, -0.2) is 0 Å². The first kappa shape index (κ1) is 29.1. The van der Waals surface area contributed by atoms with Gasteiger partial charge in [0.25, 0.3) is 5.91 Å². The molecule has 0 aromatic heterocycles. The number of ether oxygens (including phenoxy) is 1. The molecule has 0 aliphatic heterocycles. The van der Waals surface area contributed by atoms with Crippen molar-refractivity contribution in [3.8, 4) is 11.5 Å². The van der Waals surface area contributed by atoms with E-state index < -0.39 is 58.0 Å². The van der Waals surface area contributed by atoms with Crippen LogP contribution in [0.2, 0.25) is 0 Å². The van der Waals surface area contributed by atoms with Gasteiger partial charge in [0.2, 0.25) is 5.78 Å². The van der Waals surface area contributed by atoms with Crippen LogP contribution in [0.4, 0.5) is 0 Å². The van der Waals surface area contributed by atoms with Gasteiger partial charge >= 0.3 is 0 Å². The van der Waals surface area contributed by atoms with E-state index in [9.17, 15) is 34.8 Å². The number of Topliss-reactive ketones (excluding diaryl/α,β-unsaturated/α-hetero) is 2. The summed E-state index contributed by atoms with van der Waals surface area (Å²) >= 11 is 0. The van der Waals surface area contributed by atoms with Gasteiger partial charge in [0, 0.05) is 34.7 Å². The Bertz CT molecular complexity index is 1390. The van der Waals surface area contributed by atoms with E-state index >= 15 is 0 Å². The number of carbonyl (C=O) groups is 3. The molecule has 0 saturated heterocycles. The van der Waals surface area contributed by atoms with Gasteiger partial charge in [-0.3, -0.25) is 19.3 Å². The van der Waals surface area contributed by atoms with Crippen molar-refractivity contribution in [2.75, 3.05) is 21.2 Å². The lowest BCUT2D eigenvalue weighted by Crippen LogP contribution is -2.63. The largest absolute Gasteiger partial charge is 0.510 e. The maximum atomic E-state index is 13.9. The Morgan fingerprint density at radius 3 is 2.41 bits per heavy atom. The van der Waals surface area contributed by atoms with Gasteiger partial charge < -0.3 is 36.2 Å². The highest BCUT2D eigenvalue weighted by molar-refractivity contribution is 6.24. The van der Waals surface area contributed by atoms with E-state index in [0.29, 0.717) is 23.4 Å². The van der Waals surface area contributed by atoms with E-state index in [-0.39, 0.29) is 35.3 Å². The van der Waals surface area contributed by atoms with Crippen molar-refractivity contribution >= 4 is 17.5 Å². The third kappa shape index (κ3) is 4.33. The van der Waals surface area contributed by atoms with Crippen LogP contribution in [-0.4, -0.2) is 81.2 Å². The smallest absolute Gasteiger partial charge is 0.255 e. The number of nitrogens with one attached hydrogen (secondary N) is 1. The Hall–Kier alpha value is -3.41. The van der Waals surface area contributed by atoms with Gasteiger partial charge in [-0.15, -0.1) is 0 Å². The third-order valence-corrected chi connectivity index (χ3v) is 9.62. The number of amides is 1. The minimum absolute atomic E-state index is 0.0240. The average molecular weight is 570 g/mol. The highest BCUT2D eigenvalue weighted by Gasteiger charge is 2.63. The van der Waals surface area contributed by atoms with Crippen molar-refractivity contribution in [3.05, 3.63) is 45.4 Å². The lowest BCUT2D eigenvalue weighted by molar-refractivity contribution is -0.148. The second-order valence-corrected chi connectivity index (χ2v) is 12.4. The van der Waals surface area contributed by atoms with Crippen molar-refractivity contribution in [3.63, 3.8) is 0 Å². The molecule has 7 N–H and O–H groups in total. The number of aliphatic hydroxyl groups is 3. The highest BCUT2D eigenvalue weighted by atomic mass is 16.5. The molecule has 0 unspecified atom stereocenters. The fraction of sp³-hybridized carbons (Fsp3) is 0.567. The number of nitrogens with zero attached hydrogens (tertiary/aromatic N) is 1. The van der Waals surface area contributed by atoms with E-state index in [2.05, 4.69) is 12.2 Å². The van der Waals surface area contributed by atoms with Crippen molar-refractivity contribution in [1.29, 1.82) is 0 Å². The molecule has 4 atom stereocenters. The Labute approximate surface area is 238 Å². The molecule has 1 saturated carbocycles. The Morgan fingerprint density at radius 1 is 1.17 bits per heavy atom. The zero-order valence-corrected chi connectivity index (χ0v) is 23.9. The fourth-order valence-corrected chi connectivity index (χ4v) is 7.57. The summed E-state index contributed by atoms with van der Waals surface area (Å²) in [5.74, 6) is -6.29. The molecule has 0 heterocycles. The molecule has 0 spiro atoms. The number of phenols is 1. The second kappa shape index (κ2) is 10.1. The van der Waals surface area contributed by atoms with E-state index in [1.165, 1.54) is 24.5 Å². The number of fused-ring (bicyclic) bond motifs is 3. The summed E-state index contributed by atoms with van der Waals surface area (Å²) < 4.78 is 5.79. The summed E-state index contributed by atoms with van der Waals surface area (Å²) in [5, 5.41) is 48.8. The number of likely N-dealkylation sites (N-methyl/N-ethyl adjacent to an activating group) is 1. The van der Waals surface area contributed by atoms with Crippen LogP contribution in [0, 0.1) is 11.8 Å². The lowest BCUT2D eigenvalue weighted by atomic mass is 9.58. The van der Waals surface area contributed by atoms with Crippen LogP contribution in [-0.2, 0) is 22.6 Å². The number of nitrogens with two attached hydrogens (primary N) is 1. The molecule has 5 rings (SSSR count). The molecular weight excluding hydrogens is 530 g/mol. The molecule has 1 aromatic carbocycles. The van der Waals surface area contributed by atoms with E-state index in [0.717, 1.165) is 25.7 Å². The zero-order valence-electron chi connectivity index (χ0n) is 23.9. The topological polar surface area (TPSA) is 183 Å². The number of carbonyl (C=O) groups excluding carboxylic acids is 3. The van der Waals surface area contributed by atoms with Crippen molar-refractivity contribution < 1.29 is 39.5 Å². The number of hydrogen-bond donors (Lipinski definition) is 6. The molecule has 0 radical (unpaired) electrons. The number of hydrogen-bond acceptors (Lipinski definition) is 10. The van der Waals surface area contributed by atoms with Gasteiger partial charge in [-0.05, 0) is 58.7 Å². The number of benzene rings is 1. The Morgan fingerprint density at radius 2 is 1.83 bits per heavy atom. The maximum absolute atomic E-state index is 13.9. The summed E-state index contributed by atoms with van der Waals surface area (Å²) in [4.78, 5) is 41.0. The van der Waals surface area contributed by atoms with Gasteiger partial charge in [0.15, 0.2) is 11.4 Å². The molecular formula is C30H39N3O8. The van der Waals surface area contributed by atoms with Gasteiger partial charge in [-0.2, -0.15) is 0 Å². The molecule has 4 aliphatic carbocycles. The monoisotopic (exact) mass is 569 g/mol. The molecule has 11 nitrogen and oxygen atoms in total. The number of methoxy groups -OCH3 is 1. The lowest BCUT2D eigenvalue weighted by Gasteiger charge is -2.50. The van der Waals surface area contributed by atoms with Crippen LogP contribution in [0.25, 0.3) is 0 Å². The number of aromatic hydroxyl groups is 1. The van der Waals surface area contributed by atoms with Crippen LogP contribution in [0.5, 0.6) is 11.5 Å². The first-order chi connectivity index (χ1) is 19.3. The number of ketones is 2. The molecule has 222 valence electrons. The van der Waals surface area contributed by atoms with Gasteiger partial charge in [0.1, 0.15) is 28.6 Å². The first-order valence-electron chi connectivity index (χ1n) is 14.1. The standard InChI is InChI=1S/C30H39N3O8/c1-29(8-6-5-7-9-29)32-13-15-12-18(34)20-16(25(15)41-4)10-14-11-17-22(33(2)3)24(36)21(28(31)39)27(38)30(17,40)26(37)19(14)23(20)35/h12,14,17,22,32,34,36-37,40H,5-11,13H2,1-4H3,(H2,31,39)/t14-,17-,22-,30-/m0/s1. The second-order valence-electron chi connectivity index (χ2n) is 12.4. The number of primary amides is 1. The molecule has 11 heteroatoms. The van der Waals surface area contributed by atoms with E-state index in [1.807, 2.05) is 0 Å². The SMILES string of the molecule is COc1c(CNC2(C)CCCCC2)cc(O)c2c1C[C@H]1C[C@H]3[C@H](N(C)C)C(O)=C(C(N)=O)C(=O)[C@@]3(O)C(O)=C1C2=O. The summed E-state index contributed by atoms with van der Waals surface area (Å²) in [7, 11) is 4.70. The van der Waals surface area contributed by atoms with E-state index in [1.54, 1.807) is 14.1 Å². The Balaban J connectivity index is 1.60. The minimum Gasteiger partial charge on any atom is -0.510 e. The van der Waals surface area contributed by atoms with Gasteiger partial charge in [0.05, 0.1) is 18.7 Å². The number of aliphatic hydroxyl groups excluding tert-OH is 2. The molecule has 1 amide bonds. The van der Waals surface area contributed by atoms with Crippen molar-refractivity contribution in [1.82, 2.24) is 10.2 Å². The van der Waals surface area contributed by atoms with Crippen LogP contribution in [0.3, 0.4) is 0 Å². The predicted molar refractivity (Wildman–Crippen MR) is 149 cm³/mol. The molecule has 0 bridgehead atoms. The first-order valence-corrected chi connectivity index (χ1v) is 14.1. The average Bonchev–Trinajstić information content (AvgIpc) is 2.89. The molecule has 1 aromatic rings. The fourth-order valence-electron chi connectivity index (χ4n) is 7.57. The molecule has 41 heavy (non-hydrogen) atoms. The van der Waals surface area contributed by atoms with Crippen LogP contribution in [0.15, 0.2) is 28.7 Å². The predicted octanol–water partition coefficient (Wildman–Crippen LogP) is 1.94. The van der Waals surface area contributed by atoms with Crippen LogP contribution >= 0.6 is 0 Å². The van der Waals surface area contributed by atoms with E-state index in [4.69, 9.17) is 10.5 Å². The summed E-state index contributed by atoms with van der Waals surface area (Å²) in [6.45, 7) is 2.60. The van der Waals surface area contributed by atoms with Crippen molar-refractivity contribution in [2.45, 2.75) is 75.6 Å². The summed E-state index contributed by atoms with van der Waals surface area (Å²) in [5.41, 5.74) is 2.77. The maximum Gasteiger partial charge on any atom is 0.255 e. The quantitative estimate of drug-likeness (QED) is 0.277. The number of allylic oxidation sites excluding steroid dienone is 1. The minimum atomic E-state index is -2.66. The Kier molecular flexibility index (Phi) is 7.20. The number of rotatable bonds is 6. The number of phenolic OH excluding ortho intramolecular Hbond substituents is 1. The summed E-state index contributed by atoms with van der Waals surface area (Å²) in [6.07, 6.45) is 5.76. The molecule has 1 fully saturated rings. The highest BCUT2D eigenvalue weighted by Crippen LogP contribution is 2.53. The van der Waals surface area contributed by atoms with Crippen LogP contribution < -0.4 is 15.8 Å². The molecule has 4 aliphatic rings. The van der Waals surface area contributed by atoms with Gasteiger partial charge in [-0.1, -0.05) is 19.3 Å². The third-order valence-electron chi connectivity index (χ3n) is 9.62. The zero-order chi connectivity index (χ0) is 30.0. The van der Waals surface area contributed by atoms with Crippen molar-refractivity contribution in [2.24, 2.45) is 17.6 Å².